The normalized spacial score (nSPS) is 15.8. The van der Waals surface area contributed by atoms with Gasteiger partial charge in [-0.15, -0.1) is 0 Å². The molecular weight excluding hydrogens is 398 g/mol. The Hall–Kier alpha value is -1.93. The maximum absolute atomic E-state index is 12.8. The van der Waals surface area contributed by atoms with Crippen LogP contribution in [0.25, 0.3) is 0 Å². The monoisotopic (exact) mass is 421 g/mol. The summed E-state index contributed by atoms with van der Waals surface area (Å²) >= 11 is 6.04. The van der Waals surface area contributed by atoms with Gasteiger partial charge in [-0.25, -0.2) is 12.7 Å². The molecule has 0 radical (unpaired) electrons. The Morgan fingerprint density at radius 1 is 1.04 bits per heavy atom. The van der Waals surface area contributed by atoms with Crippen LogP contribution in [0.3, 0.4) is 0 Å². The van der Waals surface area contributed by atoms with E-state index in [1.54, 1.807) is 17.0 Å². The highest BCUT2D eigenvalue weighted by molar-refractivity contribution is 7.89. The van der Waals surface area contributed by atoms with E-state index in [0.29, 0.717) is 18.7 Å². The van der Waals surface area contributed by atoms with Gasteiger partial charge in [0.05, 0.1) is 4.90 Å². The predicted molar refractivity (Wildman–Crippen MR) is 110 cm³/mol. The van der Waals surface area contributed by atoms with E-state index in [-0.39, 0.29) is 10.8 Å². The van der Waals surface area contributed by atoms with Crippen LogP contribution in [-0.2, 0) is 16.6 Å². The Balaban J connectivity index is 1.64. The summed E-state index contributed by atoms with van der Waals surface area (Å²) in [7, 11) is -0.617. The first-order valence-electron chi connectivity index (χ1n) is 9.06. The molecule has 150 valence electrons. The van der Waals surface area contributed by atoms with Crippen molar-refractivity contribution in [1.82, 2.24) is 14.1 Å². The summed E-state index contributed by atoms with van der Waals surface area (Å²) in [5.41, 5.74) is 1.54. The lowest BCUT2D eigenvalue weighted by Crippen LogP contribution is -2.48. The van der Waals surface area contributed by atoms with Crippen LogP contribution in [-0.4, -0.2) is 68.7 Å². The molecule has 0 saturated carbocycles. The van der Waals surface area contributed by atoms with Gasteiger partial charge in [-0.2, -0.15) is 0 Å². The Kier molecular flexibility index (Phi) is 6.40. The smallest absolute Gasteiger partial charge is 0.253 e. The number of halogens is 1. The van der Waals surface area contributed by atoms with Crippen molar-refractivity contribution in [2.75, 3.05) is 40.3 Å². The molecule has 2 aromatic carbocycles. The Morgan fingerprint density at radius 3 is 2.36 bits per heavy atom. The molecule has 0 aliphatic carbocycles. The van der Waals surface area contributed by atoms with Crippen molar-refractivity contribution in [2.24, 2.45) is 0 Å². The van der Waals surface area contributed by atoms with Gasteiger partial charge < -0.3 is 4.90 Å². The maximum Gasteiger partial charge on any atom is 0.253 e. The van der Waals surface area contributed by atoms with Crippen LogP contribution in [0.2, 0.25) is 5.02 Å². The summed E-state index contributed by atoms with van der Waals surface area (Å²) < 4.78 is 25.8. The summed E-state index contributed by atoms with van der Waals surface area (Å²) in [5, 5.41) is 0.721. The number of piperazine rings is 1. The number of benzene rings is 2. The molecule has 28 heavy (non-hydrogen) atoms. The Bertz CT molecular complexity index is 955. The lowest BCUT2D eigenvalue weighted by atomic mass is 10.1. The molecule has 1 saturated heterocycles. The quantitative estimate of drug-likeness (QED) is 0.744. The van der Waals surface area contributed by atoms with Crippen LogP contribution in [0.15, 0.2) is 53.4 Å². The van der Waals surface area contributed by atoms with Gasteiger partial charge in [0.2, 0.25) is 10.0 Å². The van der Waals surface area contributed by atoms with Crippen LogP contribution >= 0.6 is 11.6 Å². The zero-order chi connectivity index (χ0) is 20.3. The number of hydrogen-bond donors (Lipinski definition) is 0. The molecule has 6 nitrogen and oxygen atoms in total. The van der Waals surface area contributed by atoms with E-state index in [4.69, 9.17) is 11.6 Å². The molecule has 0 spiro atoms. The van der Waals surface area contributed by atoms with Gasteiger partial charge in [-0.3, -0.25) is 9.69 Å². The topological polar surface area (TPSA) is 60.9 Å². The van der Waals surface area contributed by atoms with Crippen LogP contribution in [0.5, 0.6) is 0 Å². The zero-order valence-corrected chi connectivity index (χ0v) is 17.6. The summed E-state index contributed by atoms with van der Waals surface area (Å²) in [6, 6.07) is 14.0. The largest absolute Gasteiger partial charge is 0.336 e. The van der Waals surface area contributed by atoms with Gasteiger partial charge in [0.25, 0.3) is 5.91 Å². The number of nitrogens with zero attached hydrogens (tertiary/aromatic N) is 3. The van der Waals surface area contributed by atoms with E-state index in [1.807, 2.05) is 24.3 Å². The van der Waals surface area contributed by atoms with Crippen molar-refractivity contribution < 1.29 is 13.2 Å². The maximum atomic E-state index is 12.8. The van der Waals surface area contributed by atoms with Gasteiger partial charge in [-0.1, -0.05) is 29.8 Å². The summed E-state index contributed by atoms with van der Waals surface area (Å²) in [4.78, 5) is 17.0. The SMILES string of the molecule is CN(C)S(=O)(=O)c1cccc(C(=O)N2CCN(Cc3cccc(Cl)c3)CC2)c1. The molecule has 8 heteroatoms. The van der Waals surface area contributed by atoms with Crippen molar-refractivity contribution in [3.05, 3.63) is 64.7 Å². The lowest BCUT2D eigenvalue weighted by molar-refractivity contribution is 0.0628. The molecule has 2 aromatic rings. The van der Waals surface area contributed by atoms with Gasteiger partial charge in [-0.05, 0) is 35.9 Å². The van der Waals surface area contributed by atoms with Crippen LogP contribution in [0, 0.1) is 0 Å². The molecule has 1 aliphatic rings. The second-order valence-electron chi connectivity index (χ2n) is 7.01. The number of carbonyl (C=O) groups excluding carboxylic acids is 1. The van der Waals surface area contributed by atoms with Crippen molar-refractivity contribution in [3.63, 3.8) is 0 Å². The first kappa shape index (κ1) is 20.8. The standard InChI is InChI=1S/C20H24ClN3O3S/c1-22(2)28(26,27)19-8-4-6-17(14-19)20(25)24-11-9-23(10-12-24)15-16-5-3-7-18(21)13-16/h3-8,13-14H,9-12,15H2,1-2H3. The minimum Gasteiger partial charge on any atom is -0.336 e. The van der Waals surface area contributed by atoms with Gasteiger partial charge >= 0.3 is 0 Å². The van der Waals surface area contributed by atoms with E-state index in [9.17, 15) is 13.2 Å². The minimum absolute atomic E-state index is 0.128. The molecular formula is C20H24ClN3O3S. The lowest BCUT2D eigenvalue weighted by Gasteiger charge is -2.35. The molecule has 1 aliphatic heterocycles. The highest BCUT2D eigenvalue weighted by Crippen LogP contribution is 2.18. The molecule has 0 bridgehead atoms. The highest BCUT2D eigenvalue weighted by atomic mass is 35.5. The summed E-state index contributed by atoms with van der Waals surface area (Å²) in [6.45, 7) is 3.51. The molecule has 0 atom stereocenters. The highest BCUT2D eigenvalue weighted by Gasteiger charge is 2.24. The van der Waals surface area contributed by atoms with E-state index >= 15 is 0 Å². The average molecular weight is 422 g/mol. The Labute approximate surface area is 171 Å². The second kappa shape index (κ2) is 8.61. The first-order chi connectivity index (χ1) is 13.3. The fourth-order valence-corrected chi connectivity index (χ4v) is 4.35. The average Bonchev–Trinajstić information content (AvgIpc) is 2.68. The molecule has 3 rings (SSSR count). The van der Waals surface area contributed by atoms with Crippen LogP contribution < -0.4 is 0 Å². The van der Waals surface area contributed by atoms with Crippen molar-refractivity contribution in [3.8, 4) is 0 Å². The van der Waals surface area contributed by atoms with Gasteiger partial charge in [0.1, 0.15) is 0 Å². The van der Waals surface area contributed by atoms with Gasteiger partial charge in [0, 0.05) is 57.4 Å². The molecule has 1 amide bonds. The molecule has 0 unspecified atom stereocenters. The fourth-order valence-electron chi connectivity index (χ4n) is 3.19. The number of rotatable bonds is 5. The van der Waals surface area contributed by atoms with Crippen LogP contribution in [0.1, 0.15) is 15.9 Å². The third kappa shape index (κ3) is 4.72. The summed E-state index contributed by atoms with van der Waals surface area (Å²) in [6.07, 6.45) is 0. The molecule has 1 heterocycles. The third-order valence-corrected chi connectivity index (χ3v) is 6.86. The first-order valence-corrected chi connectivity index (χ1v) is 10.9. The number of sulfonamides is 1. The molecule has 0 N–H and O–H groups in total. The van der Waals surface area contributed by atoms with E-state index in [0.717, 1.165) is 34.5 Å². The van der Waals surface area contributed by atoms with E-state index in [1.165, 1.54) is 26.2 Å². The van der Waals surface area contributed by atoms with Crippen LogP contribution in [0.4, 0.5) is 0 Å². The third-order valence-electron chi connectivity index (χ3n) is 4.81. The fraction of sp³-hybridized carbons (Fsp3) is 0.350. The molecule has 1 fully saturated rings. The van der Waals surface area contributed by atoms with E-state index < -0.39 is 10.0 Å². The minimum atomic E-state index is -3.57. The van der Waals surface area contributed by atoms with Crippen molar-refractivity contribution >= 4 is 27.5 Å². The zero-order valence-electron chi connectivity index (χ0n) is 16.0. The predicted octanol–water partition coefficient (Wildman–Crippen LogP) is 2.55. The number of amides is 1. The summed E-state index contributed by atoms with van der Waals surface area (Å²) in [5.74, 6) is -0.141. The van der Waals surface area contributed by atoms with Crippen molar-refractivity contribution in [1.29, 1.82) is 0 Å². The number of carbonyl (C=O) groups is 1. The number of hydrogen-bond acceptors (Lipinski definition) is 4. The van der Waals surface area contributed by atoms with Crippen molar-refractivity contribution in [2.45, 2.75) is 11.4 Å². The molecule has 0 aromatic heterocycles. The van der Waals surface area contributed by atoms with Gasteiger partial charge in [0.15, 0.2) is 0 Å². The Morgan fingerprint density at radius 2 is 1.71 bits per heavy atom. The van der Waals surface area contributed by atoms with E-state index in [2.05, 4.69) is 4.90 Å². The second-order valence-corrected chi connectivity index (χ2v) is 9.60.